The summed E-state index contributed by atoms with van der Waals surface area (Å²) in [4.78, 5) is 0. The van der Waals surface area contributed by atoms with Crippen LogP contribution in [0.4, 0.5) is 0 Å². The minimum Gasteiger partial charge on any atom is -0.292 e. The molecule has 0 aliphatic heterocycles. The molecular formula is C2H5NO3S. The molecule has 0 aromatic heterocycles. The van der Waals surface area contributed by atoms with E-state index in [-0.39, 0.29) is 0 Å². The second-order valence-corrected chi connectivity index (χ2v) is 2.59. The summed E-state index contributed by atoms with van der Waals surface area (Å²) in [7, 11) is -4.16. The van der Waals surface area contributed by atoms with Gasteiger partial charge in [-0.15, -0.1) is 0 Å². The van der Waals surface area contributed by atoms with Gasteiger partial charge in [0.15, 0.2) is 0 Å². The number of hydrogen-bond acceptors (Lipinski definition) is 3. The van der Waals surface area contributed by atoms with Crippen LogP contribution in [0, 0.1) is 5.41 Å². The van der Waals surface area contributed by atoms with Crippen molar-refractivity contribution in [3.63, 3.8) is 0 Å². The van der Waals surface area contributed by atoms with Gasteiger partial charge in [-0.25, -0.2) is 0 Å². The van der Waals surface area contributed by atoms with Gasteiger partial charge in [-0.1, -0.05) is 0 Å². The fourth-order valence-corrected chi connectivity index (χ4v) is 0. The lowest BCUT2D eigenvalue weighted by atomic mass is 10.9. The Morgan fingerprint density at radius 2 is 1.86 bits per heavy atom. The van der Waals surface area contributed by atoms with E-state index in [1.165, 1.54) is 0 Å². The van der Waals surface area contributed by atoms with E-state index >= 15 is 0 Å². The number of rotatable bonds is 0. The predicted molar refractivity (Wildman–Crippen MR) is 24.9 cm³/mol. The van der Waals surface area contributed by atoms with Crippen molar-refractivity contribution in [2.45, 2.75) is 6.92 Å². The van der Waals surface area contributed by atoms with Crippen LogP contribution in [-0.2, 0) is 10.1 Å². The molecule has 0 radical (unpaired) electrons. The standard InChI is InChI=1S/C2H5NO3S/c1-2(3)7(4,5)6/h3H,1H3,(H,4,5,6). The normalized spacial score (nSPS) is 11.1. The molecule has 0 unspecified atom stereocenters. The summed E-state index contributed by atoms with van der Waals surface area (Å²) >= 11 is 0. The molecule has 0 heterocycles. The molecular weight excluding hydrogens is 118 g/mol. The lowest BCUT2D eigenvalue weighted by Gasteiger charge is -1.84. The number of nitrogens with one attached hydrogen (secondary N) is 1. The first-order valence-corrected chi connectivity index (χ1v) is 2.91. The van der Waals surface area contributed by atoms with Crippen molar-refractivity contribution < 1.29 is 13.0 Å². The van der Waals surface area contributed by atoms with E-state index < -0.39 is 15.2 Å². The summed E-state index contributed by atoms with van der Waals surface area (Å²) in [6.07, 6.45) is 0. The van der Waals surface area contributed by atoms with Crippen LogP contribution in [0.15, 0.2) is 0 Å². The third kappa shape index (κ3) is 2.30. The molecule has 0 atom stereocenters. The van der Waals surface area contributed by atoms with Gasteiger partial charge in [0, 0.05) is 0 Å². The molecule has 0 fully saturated rings. The highest BCUT2D eigenvalue weighted by molar-refractivity contribution is 8.01. The second kappa shape index (κ2) is 1.59. The minimum atomic E-state index is -4.16. The Kier molecular flexibility index (Phi) is 1.49. The summed E-state index contributed by atoms with van der Waals surface area (Å²) in [5.74, 6) is 0. The molecule has 0 rings (SSSR count). The summed E-state index contributed by atoms with van der Waals surface area (Å²) in [6.45, 7) is 0.995. The number of hydrogen-bond donors (Lipinski definition) is 2. The van der Waals surface area contributed by atoms with E-state index in [2.05, 4.69) is 0 Å². The van der Waals surface area contributed by atoms with Crippen molar-refractivity contribution >= 4 is 15.2 Å². The van der Waals surface area contributed by atoms with E-state index in [0.29, 0.717) is 0 Å². The van der Waals surface area contributed by atoms with E-state index in [0.717, 1.165) is 6.92 Å². The van der Waals surface area contributed by atoms with Gasteiger partial charge in [0.2, 0.25) is 0 Å². The first-order chi connectivity index (χ1) is 2.94. The SMILES string of the molecule is CC(=N)S(=O)(=O)O. The summed E-state index contributed by atoms with van der Waals surface area (Å²) in [5, 5.41) is 5.58. The van der Waals surface area contributed by atoms with Gasteiger partial charge in [0.05, 0.1) is 0 Å². The molecule has 0 aliphatic carbocycles. The zero-order chi connectivity index (χ0) is 6.08. The van der Waals surface area contributed by atoms with Crippen molar-refractivity contribution in [3.8, 4) is 0 Å². The van der Waals surface area contributed by atoms with Crippen LogP contribution in [0.5, 0.6) is 0 Å². The smallest absolute Gasteiger partial charge is 0.292 e. The molecule has 0 amide bonds. The van der Waals surface area contributed by atoms with Crippen molar-refractivity contribution in [3.05, 3.63) is 0 Å². The van der Waals surface area contributed by atoms with E-state index in [9.17, 15) is 8.42 Å². The Balaban J connectivity index is 4.43. The Morgan fingerprint density at radius 3 is 1.86 bits per heavy atom. The Bertz CT molecular complexity index is 167. The van der Waals surface area contributed by atoms with Crippen LogP contribution in [0.1, 0.15) is 6.92 Å². The lowest BCUT2D eigenvalue weighted by Crippen LogP contribution is -2.06. The maximum absolute atomic E-state index is 9.66. The van der Waals surface area contributed by atoms with Gasteiger partial charge in [-0.05, 0) is 6.92 Å². The van der Waals surface area contributed by atoms with Gasteiger partial charge in [-0.3, -0.25) is 9.96 Å². The maximum atomic E-state index is 9.66. The van der Waals surface area contributed by atoms with Crippen LogP contribution in [-0.4, -0.2) is 18.0 Å². The van der Waals surface area contributed by atoms with Gasteiger partial charge < -0.3 is 0 Å². The minimum absolute atomic E-state index is 0.729. The topological polar surface area (TPSA) is 78.2 Å². The molecule has 0 spiro atoms. The van der Waals surface area contributed by atoms with Crippen molar-refractivity contribution in [2.24, 2.45) is 0 Å². The quantitative estimate of drug-likeness (QED) is 0.267. The highest BCUT2D eigenvalue weighted by Crippen LogP contribution is 1.80. The second-order valence-electron chi connectivity index (χ2n) is 1.03. The first kappa shape index (κ1) is 6.58. The van der Waals surface area contributed by atoms with Gasteiger partial charge in [0.1, 0.15) is 5.04 Å². The van der Waals surface area contributed by atoms with Gasteiger partial charge >= 0.3 is 10.1 Å². The van der Waals surface area contributed by atoms with Crippen LogP contribution in [0.25, 0.3) is 0 Å². The van der Waals surface area contributed by atoms with E-state index in [1.807, 2.05) is 0 Å². The van der Waals surface area contributed by atoms with Gasteiger partial charge in [0.25, 0.3) is 0 Å². The Labute approximate surface area is 41.4 Å². The van der Waals surface area contributed by atoms with Gasteiger partial charge in [-0.2, -0.15) is 8.42 Å². The third-order valence-corrected chi connectivity index (χ3v) is 1.16. The van der Waals surface area contributed by atoms with Crippen molar-refractivity contribution in [1.82, 2.24) is 0 Å². The molecule has 42 valence electrons. The fourth-order valence-electron chi connectivity index (χ4n) is 0. The van der Waals surface area contributed by atoms with Crippen LogP contribution in [0.2, 0.25) is 0 Å². The molecule has 5 heteroatoms. The fraction of sp³-hybridized carbons (Fsp3) is 0.500. The van der Waals surface area contributed by atoms with Crippen LogP contribution < -0.4 is 0 Å². The zero-order valence-corrected chi connectivity index (χ0v) is 4.49. The molecule has 0 bridgehead atoms. The average Bonchev–Trinajstić information content (AvgIpc) is 1.31. The molecule has 4 nitrogen and oxygen atoms in total. The highest BCUT2D eigenvalue weighted by atomic mass is 32.2. The molecule has 0 aromatic rings. The summed E-state index contributed by atoms with van der Waals surface area (Å²) in [5.41, 5.74) is 0. The molecule has 0 aliphatic rings. The average molecular weight is 123 g/mol. The Morgan fingerprint density at radius 1 is 1.71 bits per heavy atom. The van der Waals surface area contributed by atoms with Crippen molar-refractivity contribution in [2.75, 3.05) is 0 Å². The van der Waals surface area contributed by atoms with E-state index in [4.69, 9.17) is 9.96 Å². The largest absolute Gasteiger partial charge is 0.307 e. The first-order valence-electron chi connectivity index (χ1n) is 1.47. The van der Waals surface area contributed by atoms with Crippen LogP contribution in [0.3, 0.4) is 0 Å². The monoisotopic (exact) mass is 123 g/mol. The lowest BCUT2D eigenvalue weighted by molar-refractivity contribution is 0.497. The summed E-state index contributed by atoms with van der Waals surface area (Å²) in [6, 6.07) is 0. The molecule has 0 saturated carbocycles. The maximum Gasteiger partial charge on any atom is 0.307 e. The van der Waals surface area contributed by atoms with E-state index in [1.54, 1.807) is 0 Å². The molecule has 0 saturated heterocycles. The Hall–Kier alpha value is -0.420. The molecule has 2 N–H and O–H groups in total. The zero-order valence-electron chi connectivity index (χ0n) is 3.67. The molecule has 0 aromatic carbocycles. The third-order valence-electron chi connectivity index (χ3n) is 0.387. The predicted octanol–water partition coefficient (Wildman–Crippen LogP) is -0.129. The molecule has 7 heavy (non-hydrogen) atoms. The van der Waals surface area contributed by atoms with Crippen LogP contribution >= 0.6 is 0 Å². The van der Waals surface area contributed by atoms with Crippen molar-refractivity contribution in [1.29, 1.82) is 5.41 Å². The highest BCUT2D eigenvalue weighted by Gasteiger charge is 2.04. The summed E-state index contributed by atoms with van der Waals surface area (Å²) < 4.78 is 27.2.